The minimum absolute atomic E-state index is 0.159. The number of quaternary nitrogens is 7. The number of allylic oxidation sites excluding steroid dienone is 2. The van der Waals surface area contributed by atoms with E-state index in [1.165, 1.54) is 252 Å². The second kappa shape index (κ2) is 57.9. The predicted octanol–water partition coefficient (Wildman–Crippen LogP) is 14.6. The molecule has 10 rings (SSSR count). The van der Waals surface area contributed by atoms with Crippen molar-refractivity contribution in [2.75, 3.05) is 31.3 Å². The lowest BCUT2D eigenvalue weighted by atomic mass is 9.77. The lowest BCUT2D eigenvalue weighted by Gasteiger charge is -2.32. The smallest absolute Gasteiger partial charge is 0.373 e. The highest BCUT2D eigenvalue weighted by molar-refractivity contribution is 7.99. The average molecular weight is 1400 g/mol. The Hall–Kier alpha value is -3.72. The van der Waals surface area contributed by atoms with E-state index in [-0.39, 0.29) is 18.2 Å². The normalized spacial score (nSPS) is 19.3. The van der Waals surface area contributed by atoms with Crippen LogP contribution in [0.15, 0.2) is 94.5 Å². The van der Waals surface area contributed by atoms with E-state index < -0.39 is 0 Å². The van der Waals surface area contributed by atoms with E-state index in [0.717, 1.165) is 67.3 Å². The number of thiophene rings is 2. The van der Waals surface area contributed by atoms with E-state index >= 15 is 0 Å². The number of pyridine rings is 1. The molecule has 4 aliphatic carbocycles. The average Bonchev–Trinajstić information content (AvgIpc) is 1.86. The zero-order chi connectivity index (χ0) is 70.4. The Morgan fingerprint density at radius 1 is 0.577 bits per heavy atom. The van der Waals surface area contributed by atoms with E-state index in [0.29, 0.717) is 24.2 Å². The molecule has 4 aromatic heterocycles. The van der Waals surface area contributed by atoms with Crippen molar-refractivity contribution in [3.05, 3.63) is 122 Å². The fourth-order valence-electron chi connectivity index (χ4n) is 14.3. The van der Waals surface area contributed by atoms with Gasteiger partial charge in [-0.3, -0.25) is 4.98 Å². The van der Waals surface area contributed by atoms with Crippen molar-refractivity contribution >= 4 is 40.6 Å². The number of ether oxygens (including phenoxy) is 1. The molecule has 4 aromatic rings. The summed E-state index contributed by atoms with van der Waals surface area (Å²) in [6.45, 7) is 14.2. The molecule has 21 N–H and O–H groups in total. The van der Waals surface area contributed by atoms with Gasteiger partial charge in [0.1, 0.15) is 24.2 Å². The number of hydrogen-bond donors (Lipinski definition) is 7. The van der Waals surface area contributed by atoms with Crippen molar-refractivity contribution in [2.45, 2.75) is 302 Å². The van der Waals surface area contributed by atoms with Gasteiger partial charge in [-0.1, -0.05) is 155 Å². The Morgan fingerprint density at radius 2 is 1.10 bits per heavy atom. The highest BCUT2D eigenvalue weighted by atomic mass is 32.2. The van der Waals surface area contributed by atoms with Crippen molar-refractivity contribution in [3.8, 4) is 11.8 Å². The number of hydrogen-bond acceptors (Lipinski definition) is 8. The molecule has 0 radical (unpaired) electrons. The van der Waals surface area contributed by atoms with Gasteiger partial charge in [-0.25, -0.2) is 0 Å². The highest BCUT2D eigenvalue weighted by Crippen LogP contribution is 2.36. The molecule has 0 spiro atoms. The molecular formula is C82H145N8O4S3+7. The number of aryl methyl sites for hydroxylation is 2. The zero-order valence-electron chi connectivity index (χ0n) is 62.3. The second-order valence-corrected chi connectivity index (χ2v) is 31.4. The topological polar surface area (TPSA) is 263 Å². The molecule has 6 fully saturated rings. The van der Waals surface area contributed by atoms with E-state index in [4.69, 9.17) is 18.7 Å². The van der Waals surface area contributed by atoms with E-state index in [9.17, 15) is 0 Å². The first kappa shape index (κ1) is 87.5. The molecule has 548 valence electrons. The molecule has 2 saturated heterocycles. The standard InChI is InChI=1S/C14H18N2S.C14H23NS2.C12H23NO.C12H23N.C12H21N.C10H15NO.C7H15N.CO2/c1-2-3-5-11-7-9-17-14(11)13(15)12-6-4-8-16-10-12;1-2-3-4-12-7-10-17-14(12)13(15)11-5-8-16-9-6-11;13-12(10-4-2-1-3-5-10)11-6-8-14-9-7-11;2*1-2-3-5-10-12(13)11-8-6-4-7-9-11;1-2-3-4-6-9(11)10-7-5-8-12-10;8-6-7-4-2-1-3-5-7;2-1-3/h4,6-10,13H,2-3,5,15H2,1H3;7,10-11,13H,2-6,8-9,15H2,1H3;10-12H,1-9,13H2;5,10-12H,2-4,6-9,13H2,1H3;11-12H,2-4,6-9,13H2,1H3;4-9H,2-3,11H2,1H3;7H,1-6,8H2;/p+7/b;;;10-5+;;6-4+;;. The molecule has 6 atom stereocenters. The van der Waals surface area contributed by atoms with Crippen molar-refractivity contribution < 1.29 is 58.9 Å². The number of thioether (sulfide) groups is 1. The van der Waals surface area contributed by atoms with Crippen LogP contribution in [0.1, 0.15) is 303 Å². The molecule has 0 bridgehead atoms. The Kier molecular flexibility index (Phi) is 52.2. The summed E-state index contributed by atoms with van der Waals surface area (Å²) in [5, 5.41) is 4.44. The van der Waals surface area contributed by atoms with Gasteiger partial charge in [-0.15, -0.1) is 22.7 Å². The lowest BCUT2D eigenvalue weighted by Crippen LogP contribution is -2.68. The van der Waals surface area contributed by atoms with Gasteiger partial charge in [-0.05, 0) is 210 Å². The summed E-state index contributed by atoms with van der Waals surface area (Å²) in [5.41, 5.74) is 33.7. The van der Waals surface area contributed by atoms with Crippen LogP contribution in [-0.2, 0) is 27.2 Å². The fraction of sp³-hybridized carbons (Fsp3) is 0.707. The van der Waals surface area contributed by atoms with Gasteiger partial charge in [-0.2, -0.15) is 21.4 Å². The van der Waals surface area contributed by atoms with Crippen LogP contribution in [-0.4, -0.2) is 60.5 Å². The summed E-state index contributed by atoms with van der Waals surface area (Å²) >= 11 is 5.85. The first-order valence-corrected chi connectivity index (χ1v) is 42.1. The van der Waals surface area contributed by atoms with E-state index in [1.807, 2.05) is 53.3 Å². The molecule has 12 nitrogen and oxygen atoms in total. The first-order valence-electron chi connectivity index (χ1n) is 39.2. The maximum Gasteiger partial charge on any atom is 0.373 e. The van der Waals surface area contributed by atoms with Crippen LogP contribution in [0.25, 0.3) is 0 Å². The van der Waals surface area contributed by atoms with Crippen LogP contribution in [0.5, 0.6) is 0 Å². The number of aromatic nitrogens is 1. The van der Waals surface area contributed by atoms with Crippen LogP contribution >= 0.6 is 34.4 Å². The summed E-state index contributed by atoms with van der Waals surface area (Å²) in [5.74, 6) is 15.4. The zero-order valence-corrected chi connectivity index (χ0v) is 64.8. The van der Waals surface area contributed by atoms with Gasteiger partial charge in [0.25, 0.3) is 0 Å². The molecule has 0 amide bonds. The molecule has 15 heteroatoms. The molecule has 97 heavy (non-hydrogen) atoms. The quantitative estimate of drug-likeness (QED) is 0.0280. The molecule has 6 heterocycles. The summed E-state index contributed by atoms with van der Waals surface area (Å²) in [6.07, 6.45) is 62.8. The summed E-state index contributed by atoms with van der Waals surface area (Å²) in [6, 6.07) is 15.1. The first-order chi connectivity index (χ1) is 47.4. The van der Waals surface area contributed by atoms with Crippen molar-refractivity contribution in [3.63, 3.8) is 0 Å². The second-order valence-electron chi connectivity index (χ2n) is 28.3. The largest absolute Gasteiger partial charge is 0.463 e. The minimum Gasteiger partial charge on any atom is -0.463 e. The molecule has 4 saturated carbocycles. The minimum atomic E-state index is 0.159. The summed E-state index contributed by atoms with van der Waals surface area (Å²) in [4.78, 5) is 23.4. The SMILES string of the molecule is CCC/C=C/C([NH3+])C1CCCCC1.CCC/C=C/C([NH3+])c1ccco1.CCCC#CC([NH3+])C1CCCCC1.CCCCc1ccsc1C([NH3+])C1CCSCC1.CCCCc1ccsc1C([NH3+])c1cccnc1.O=C=O.[NH3+]C(C1CCCCC1)C1CCOCC1.[NH3+]CC1CCCCC1. The van der Waals surface area contributed by atoms with Crippen molar-refractivity contribution in [1.29, 1.82) is 0 Å². The van der Waals surface area contributed by atoms with Gasteiger partial charge in [0, 0.05) is 73.1 Å². The summed E-state index contributed by atoms with van der Waals surface area (Å²) < 4.78 is 10.6. The van der Waals surface area contributed by atoms with Crippen LogP contribution in [0.2, 0.25) is 0 Å². The van der Waals surface area contributed by atoms with E-state index in [2.05, 4.69) is 157 Å². The van der Waals surface area contributed by atoms with Crippen LogP contribution < -0.4 is 40.1 Å². The van der Waals surface area contributed by atoms with Crippen molar-refractivity contribution in [2.24, 2.45) is 35.5 Å². The maximum atomic E-state index is 8.12. The third kappa shape index (κ3) is 38.2. The van der Waals surface area contributed by atoms with Gasteiger partial charge in [0.05, 0.1) is 28.6 Å². The Bertz CT molecular complexity index is 2560. The van der Waals surface area contributed by atoms with Gasteiger partial charge >= 0.3 is 6.15 Å². The molecule has 0 aromatic carbocycles. The molecule has 6 aliphatic rings. The number of nitrogens with zero attached hydrogens (tertiary/aromatic N) is 1. The third-order valence-corrected chi connectivity index (χ3v) is 23.9. The van der Waals surface area contributed by atoms with Gasteiger partial charge in [0.15, 0.2) is 11.8 Å². The Balaban J connectivity index is 0.000000295. The monoisotopic (exact) mass is 1400 g/mol. The number of furan rings is 1. The van der Waals surface area contributed by atoms with Crippen LogP contribution in [0.3, 0.4) is 0 Å². The summed E-state index contributed by atoms with van der Waals surface area (Å²) in [7, 11) is 0. The Morgan fingerprint density at radius 3 is 1.61 bits per heavy atom. The van der Waals surface area contributed by atoms with Gasteiger partial charge in [0.2, 0.25) is 0 Å². The van der Waals surface area contributed by atoms with E-state index in [1.54, 1.807) is 16.7 Å². The molecular weight excluding hydrogens is 1260 g/mol. The van der Waals surface area contributed by atoms with Crippen molar-refractivity contribution in [1.82, 2.24) is 4.98 Å². The molecule has 6 unspecified atom stereocenters. The van der Waals surface area contributed by atoms with Crippen LogP contribution in [0.4, 0.5) is 0 Å². The Labute approximate surface area is 603 Å². The lowest BCUT2D eigenvalue weighted by molar-refractivity contribution is -0.450. The number of unbranched alkanes of at least 4 members (excludes halogenated alkanes) is 5. The number of carbonyl (C=O) groups excluding carboxylic acids is 2. The third-order valence-electron chi connectivity index (χ3n) is 20.7. The highest BCUT2D eigenvalue weighted by Gasteiger charge is 2.32. The number of rotatable bonds is 23. The fourth-order valence-corrected chi connectivity index (χ4v) is 17.5. The van der Waals surface area contributed by atoms with Crippen LogP contribution in [0, 0.1) is 47.3 Å². The predicted molar refractivity (Wildman–Crippen MR) is 408 cm³/mol. The molecule has 2 aliphatic heterocycles. The van der Waals surface area contributed by atoms with Gasteiger partial charge < -0.3 is 49.3 Å². The maximum absolute atomic E-state index is 8.12.